The van der Waals surface area contributed by atoms with Crippen LogP contribution < -0.4 is 10.6 Å². The molecule has 0 aliphatic heterocycles. The number of aryl methyl sites for hydroxylation is 1. The summed E-state index contributed by atoms with van der Waals surface area (Å²) in [7, 11) is 0. The van der Waals surface area contributed by atoms with E-state index in [0.29, 0.717) is 36.2 Å². The Morgan fingerprint density at radius 2 is 1.71 bits per heavy atom. The van der Waals surface area contributed by atoms with E-state index < -0.39 is 47.2 Å². The number of aromatic amines is 1. The maximum absolute atomic E-state index is 14.8. The standard InChI is InChI=1S/C29H32F5N9O5/c1-2-7-22-37-25(28(30,31)29(32,33)34)24(27(45)36-16-23(44)35-14-5-6-15-48-43(46)47)42(22)17-18-10-12-19(13-11-18)20-8-3-4-9-21(20)26-38-40-41-39-26/h3-4,8-13,46-47H,2,5-7,14-17H2,1H3,(H,35,44)(H,36,45)(H,38,39,40,41). The van der Waals surface area contributed by atoms with Crippen LogP contribution in [0.25, 0.3) is 22.5 Å². The van der Waals surface area contributed by atoms with Gasteiger partial charge in [0, 0.05) is 25.1 Å². The van der Waals surface area contributed by atoms with Gasteiger partial charge in [0.25, 0.3) is 5.91 Å². The molecule has 2 amide bonds. The van der Waals surface area contributed by atoms with Gasteiger partial charge in [-0.1, -0.05) is 55.5 Å². The number of alkyl halides is 5. The lowest BCUT2D eigenvalue weighted by atomic mass is 9.98. The number of hydrogen-bond donors (Lipinski definition) is 5. The molecule has 0 saturated carbocycles. The molecule has 0 aliphatic rings. The molecular formula is C29H32F5N9O5. The average molecular weight is 682 g/mol. The number of nitrogens with one attached hydrogen (secondary N) is 3. The second-order valence-corrected chi connectivity index (χ2v) is 10.4. The first-order chi connectivity index (χ1) is 22.8. The van der Waals surface area contributed by atoms with Crippen LogP contribution in [0.2, 0.25) is 0 Å². The Balaban J connectivity index is 1.59. The Kier molecular flexibility index (Phi) is 11.9. The third-order valence-electron chi connectivity index (χ3n) is 7.02. The van der Waals surface area contributed by atoms with E-state index in [1.807, 2.05) is 12.1 Å². The molecule has 5 N–H and O–H groups in total. The van der Waals surface area contributed by atoms with Crippen molar-refractivity contribution in [3.8, 4) is 22.5 Å². The zero-order valence-corrected chi connectivity index (χ0v) is 25.5. The van der Waals surface area contributed by atoms with Crippen LogP contribution in [0.4, 0.5) is 22.0 Å². The molecule has 0 atom stereocenters. The molecule has 14 nitrogen and oxygen atoms in total. The quantitative estimate of drug-likeness (QED) is 0.0658. The van der Waals surface area contributed by atoms with Gasteiger partial charge in [0.15, 0.2) is 5.69 Å². The highest BCUT2D eigenvalue weighted by Crippen LogP contribution is 2.45. The molecule has 0 bridgehead atoms. The summed E-state index contributed by atoms with van der Waals surface area (Å²) in [5.41, 5.74) is -0.161. The van der Waals surface area contributed by atoms with Crippen molar-refractivity contribution in [2.45, 2.75) is 51.3 Å². The summed E-state index contributed by atoms with van der Waals surface area (Å²) in [6.45, 7) is 0.683. The number of unbranched alkanes of at least 4 members (excludes halogenated alkanes) is 1. The van der Waals surface area contributed by atoms with Gasteiger partial charge < -0.3 is 15.2 Å². The minimum atomic E-state index is -6.05. The maximum atomic E-state index is 14.8. The lowest BCUT2D eigenvalue weighted by Gasteiger charge is -2.19. The van der Waals surface area contributed by atoms with E-state index in [1.165, 1.54) is 0 Å². The molecule has 48 heavy (non-hydrogen) atoms. The number of hydrogen-bond acceptors (Lipinski definition) is 10. The SMILES string of the molecule is CCCc1nc(C(F)(F)C(F)(F)F)c(C(=O)NCC(=O)NCCCCON(O)O)n1Cc1ccc(-c2ccccc2-c2nn[nH]n2)cc1. The fourth-order valence-electron chi connectivity index (χ4n) is 4.75. The molecule has 2 aromatic carbocycles. The predicted molar refractivity (Wildman–Crippen MR) is 156 cm³/mol. The largest absolute Gasteiger partial charge is 0.459 e. The number of nitrogens with zero attached hydrogens (tertiary/aromatic N) is 6. The molecule has 0 radical (unpaired) electrons. The number of carbonyl (C=O) groups is 2. The molecule has 4 rings (SSSR count). The topological polar surface area (TPSA) is 183 Å². The van der Waals surface area contributed by atoms with Gasteiger partial charge in [-0.25, -0.2) is 4.98 Å². The van der Waals surface area contributed by atoms with Gasteiger partial charge in [-0.05, 0) is 41.2 Å². The van der Waals surface area contributed by atoms with Gasteiger partial charge in [-0.15, -0.1) is 10.2 Å². The number of amides is 2. The van der Waals surface area contributed by atoms with Gasteiger partial charge in [-0.3, -0.25) is 24.8 Å². The van der Waals surface area contributed by atoms with Crippen molar-refractivity contribution < 1.29 is 46.8 Å². The molecule has 0 aliphatic carbocycles. The van der Waals surface area contributed by atoms with Crippen molar-refractivity contribution in [2.75, 3.05) is 19.7 Å². The van der Waals surface area contributed by atoms with E-state index in [0.717, 1.165) is 15.7 Å². The Hall–Kier alpha value is -4.85. The Morgan fingerprint density at radius 1 is 1.00 bits per heavy atom. The smallest absolute Gasteiger partial charge is 0.355 e. The zero-order valence-electron chi connectivity index (χ0n) is 25.5. The number of halogens is 5. The Labute approximate surface area is 269 Å². The summed E-state index contributed by atoms with van der Waals surface area (Å²) >= 11 is 0. The molecule has 0 spiro atoms. The van der Waals surface area contributed by atoms with Crippen LogP contribution in [-0.4, -0.2) is 83.7 Å². The number of aromatic nitrogens is 6. The lowest BCUT2D eigenvalue weighted by Crippen LogP contribution is -2.40. The van der Waals surface area contributed by atoms with Crippen molar-refractivity contribution in [1.29, 1.82) is 0 Å². The monoisotopic (exact) mass is 681 g/mol. The summed E-state index contributed by atoms with van der Waals surface area (Å²) in [5, 5.41) is 35.1. The summed E-state index contributed by atoms with van der Waals surface area (Å²) in [4.78, 5) is 33.6. The van der Waals surface area contributed by atoms with Gasteiger partial charge in [0.05, 0.1) is 18.5 Å². The highest BCUT2D eigenvalue weighted by Gasteiger charge is 2.62. The van der Waals surface area contributed by atoms with Crippen molar-refractivity contribution in [1.82, 2.24) is 46.2 Å². The number of carbonyl (C=O) groups excluding carboxylic acids is 2. The van der Waals surface area contributed by atoms with Crippen molar-refractivity contribution >= 4 is 11.8 Å². The number of rotatable bonds is 16. The summed E-state index contributed by atoms with van der Waals surface area (Å²) in [6, 6.07) is 13.9. The minimum absolute atomic E-state index is 0.0150. The first-order valence-electron chi connectivity index (χ1n) is 14.7. The molecule has 258 valence electrons. The van der Waals surface area contributed by atoms with Gasteiger partial charge in [0.1, 0.15) is 11.5 Å². The molecule has 2 heterocycles. The molecule has 4 aromatic rings. The first-order valence-corrected chi connectivity index (χ1v) is 14.7. The Morgan fingerprint density at radius 3 is 2.33 bits per heavy atom. The molecular weight excluding hydrogens is 649 g/mol. The fourth-order valence-corrected chi connectivity index (χ4v) is 4.75. The average Bonchev–Trinajstić information content (AvgIpc) is 3.71. The zero-order chi connectivity index (χ0) is 34.9. The van der Waals surface area contributed by atoms with E-state index in [1.54, 1.807) is 43.3 Å². The van der Waals surface area contributed by atoms with Gasteiger partial charge in [-0.2, -0.15) is 27.2 Å². The number of benzene rings is 2. The highest BCUT2D eigenvalue weighted by atomic mass is 19.4. The summed E-state index contributed by atoms with van der Waals surface area (Å²) in [5.74, 6) is -7.37. The third kappa shape index (κ3) is 8.73. The normalized spacial score (nSPS) is 12.0. The molecule has 19 heteroatoms. The summed E-state index contributed by atoms with van der Waals surface area (Å²) in [6.07, 6.45) is -5.10. The molecule has 0 unspecified atom stereocenters. The van der Waals surface area contributed by atoms with Crippen LogP contribution >= 0.6 is 0 Å². The molecule has 2 aromatic heterocycles. The number of tetrazole rings is 1. The highest BCUT2D eigenvalue weighted by molar-refractivity contribution is 5.96. The second-order valence-electron chi connectivity index (χ2n) is 10.4. The summed E-state index contributed by atoms with van der Waals surface area (Å²) < 4.78 is 71.5. The van der Waals surface area contributed by atoms with Crippen LogP contribution in [-0.2, 0) is 28.5 Å². The number of H-pyrrole nitrogens is 1. The van der Waals surface area contributed by atoms with Crippen molar-refractivity contribution in [2.24, 2.45) is 0 Å². The van der Waals surface area contributed by atoms with Crippen LogP contribution in [0.1, 0.15) is 53.8 Å². The van der Waals surface area contributed by atoms with E-state index in [9.17, 15) is 31.5 Å². The van der Waals surface area contributed by atoms with E-state index in [-0.39, 0.29) is 31.9 Å². The fraction of sp³-hybridized carbons (Fsp3) is 0.379. The van der Waals surface area contributed by atoms with Gasteiger partial charge >= 0.3 is 12.1 Å². The lowest BCUT2D eigenvalue weighted by molar-refractivity contribution is -0.492. The van der Waals surface area contributed by atoms with Crippen LogP contribution in [0, 0.1) is 0 Å². The van der Waals surface area contributed by atoms with E-state index in [4.69, 9.17) is 10.4 Å². The van der Waals surface area contributed by atoms with Crippen molar-refractivity contribution in [3.05, 3.63) is 71.3 Å². The molecule has 0 fully saturated rings. The van der Waals surface area contributed by atoms with Crippen LogP contribution in [0.3, 0.4) is 0 Å². The number of imidazole rings is 1. The Bertz CT molecular complexity index is 1660. The maximum Gasteiger partial charge on any atom is 0.459 e. The second kappa shape index (κ2) is 15.8. The molecule has 0 saturated heterocycles. The van der Waals surface area contributed by atoms with Crippen LogP contribution in [0.5, 0.6) is 0 Å². The minimum Gasteiger partial charge on any atom is -0.355 e. The van der Waals surface area contributed by atoms with E-state index >= 15 is 0 Å². The first kappa shape index (κ1) is 36.0. The third-order valence-corrected chi connectivity index (χ3v) is 7.02. The van der Waals surface area contributed by atoms with Gasteiger partial charge in [0.2, 0.25) is 11.7 Å². The van der Waals surface area contributed by atoms with Crippen molar-refractivity contribution in [3.63, 3.8) is 0 Å². The predicted octanol–water partition coefficient (Wildman–Crippen LogP) is 4.02. The van der Waals surface area contributed by atoms with Crippen LogP contribution in [0.15, 0.2) is 48.5 Å². The van der Waals surface area contributed by atoms with E-state index in [2.05, 4.69) is 41.1 Å².